The molecule has 1 aliphatic heterocycles. The largest absolute Gasteiger partial charge is 0.377 e. The molecule has 0 aliphatic carbocycles. The molecule has 1 saturated heterocycles. The van der Waals surface area contributed by atoms with E-state index in [1.807, 2.05) is 37.3 Å². The highest BCUT2D eigenvalue weighted by molar-refractivity contribution is 7.99. The second kappa shape index (κ2) is 7.78. The molecule has 0 bridgehead atoms. The Balaban J connectivity index is 1.76. The van der Waals surface area contributed by atoms with Crippen LogP contribution in [-0.4, -0.2) is 38.2 Å². The van der Waals surface area contributed by atoms with Gasteiger partial charge in [0.1, 0.15) is 0 Å². The van der Waals surface area contributed by atoms with E-state index < -0.39 is 0 Å². The lowest BCUT2D eigenvalue weighted by Gasteiger charge is -2.14. The predicted octanol–water partition coefficient (Wildman–Crippen LogP) is 4.56. The predicted molar refractivity (Wildman–Crippen MR) is 104 cm³/mol. The number of hydrogen-bond donors (Lipinski definition) is 0. The number of pyridine rings is 1. The minimum absolute atomic E-state index is 0.287. The molecular formula is C19H19ClN4OS. The number of thioether (sulfide) groups is 1. The van der Waals surface area contributed by atoms with Gasteiger partial charge in [0.05, 0.1) is 11.8 Å². The highest BCUT2D eigenvalue weighted by Gasteiger charge is 2.21. The van der Waals surface area contributed by atoms with Crippen molar-refractivity contribution >= 4 is 23.4 Å². The van der Waals surface area contributed by atoms with E-state index >= 15 is 0 Å². The van der Waals surface area contributed by atoms with Crippen molar-refractivity contribution in [1.82, 2.24) is 19.7 Å². The summed E-state index contributed by atoms with van der Waals surface area (Å²) in [5.41, 5.74) is 2.96. The molecule has 1 atom stereocenters. The Morgan fingerprint density at radius 2 is 2.08 bits per heavy atom. The number of halogens is 1. The highest BCUT2D eigenvalue weighted by atomic mass is 35.5. The Hall–Kier alpha value is -1.89. The molecule has 3 aromatic rings. The summed E-state index contributed by atoms with van der Waals surface area (Å²) >= 11 is 8.05. The van der Waals surface area contributed by atoms with Gasteiger partial charge in [0.2, 0.25) is 0 Å². The fourth-order valence-electron chi connectivity index (χ4n) is 3.05. The lowest BCUT2D eigenvalue weighted by Crippen LogP contribution is -2.09. The van der Waals surface area contributed by atoms with E-state index in [4.69, 9.17) is 16.3 Å². The molecule has 7 heteroatoms. The zero-order valence-corrected chi connectivity index (χ0v) is 16.0. The van der Waals surface area contributed by atoms with Crippen molar-refractivity contribution in [3.8, 4) is 17.1 Å². The first-order chi connectivity index (χ1) is 12.7. The standard InChI is InChI=1S/C19H19ClN4OS/c1-13-16(20)5-2-6-17(13)24-18(14-7-9-21-10-8-14)22-23-19(24)26-12-15-4-3-11-25-15/h2,5-10,15H,3-4,11-12H2,1H3. The fraction of sp³-hybridized carbons (Fsp3) is 0.316. The van der Waals surface area contributed by atoms with Crippen LogP contribution in [0.3, 0.4) is 0 Å². The van der Waals surface area contributed by atoms with Crippen LogP contribution in [0.1, 0.15) is 18.4 Å². The lowest BCUT2D eigenvalue weighted by molar-refractivity contribution is 0.129. The van der Waals surface area contributed by atoms with Gasteiger partial charge in [-0.05, 0) is 49.6 Å². The number of aromatic nitrogens is 4. The number of hydrogen-bond acceptors (Lipinski definition) is 5. The third kappa shape index (κ3) is 3.49. The van der Waals surface area contributed by atoms with E-state index in [0.717, 1.165) is 58.0 Å². The molecule has 0 saturated carbocycles. The molecule has 0 N–H and O–H groups in total. The molecular weight excluding hydrogens is 368 g/mol. The van der Waals surface area contributed by atoms with Gasteiger partial charge < -0.3 is 4.74 Å². The molecule has 1 fully saturated rings. The Kier molecular flexibility index (Phi) is 5.24. The van der Waals surface area contributed by atoms with Crippen LogP contribution in [0.5, 0.6) is 0 Å². The Morgan fingerprint density at radius 1 is 1.23 bits per heavy atom. The summed E-state index contributed by atoms with van der Waals surface area (Å²) in [6, 6.07) is 9.78. The smallest absolute Gasteiger partial charge is 0.196 e. The molecule has 134 valence electrons. The van der Waals surface area contributed by atoms with E-state index in [2.05, 4.69) is 19.7 Å². The van der Waals surface area contributed by atoms with Gasteiger partial charge in [0, 0.05) is 35.3 Å². The van der Waals surface area contributed by atoms with Crippen LogP contribution in [0.4, 0.5) is 0 Å². The average Bonchev–Trinajstić information content (AvgIpc) is 3.32. The van der Waals surface area contributed by atoms with Crippen LogP contribution in [0, 0.1) is 6.92 Å². The SMILES string of the molecule is Cc1c(Cl)cccc1-n1c(SCC2CCCO2)nnc1-c1ccncc1. The molecule has 1 aliphatic rings. The molecule has 1 aromatic carbocycles. The monoisotopic (exact) mass is 386 g/mol. The maximum Gasteiger partial charge on any atom is 0.196 e. The van der Waals surface area contributed by atoms with Crippen molar-refractivity contribution in [2.75, 3.05) is 12.4 Å². The van der Waals surface area contributed by atoms with Gasteiger partial charge in [-0.15, -0.1) is 10.2 Å². The molecule has 5 nitrogen and oxygen atoms in total. The van der Waals surface area contributed by atoms with Crippen LogP contribution >= 0.6 is 23.4 Å². The van der Waals surface area contributed by atoms with Crippen molar-refractivity contribution in [2.45, 2.75) is 31.0 Å². The van der Waals surface area contributed by atoms with E-state index in [-0.39, 0.29) is 6.10 Å². The Morgan fingerprint density at radius 3 is 2.85 bits per heavy atom. The van der Waals surface area contributed by atoms with Crippen LogP contribution in [0.15, 0.2) is 47.9 Å². The van der Waals surface area contributed by atoms with Crippen molar-refractivity contribution in [2.24, 2.45) is 0 Å². The van der Waals surface area contributed by atoms with Gasteiger partial charge in [-0.25, -0.2) is 0 Å². The van der Waals surface area contributed by atoms with E-state index in [1.54, 1.807) is 24.2 Å². The summed E-state index contributed by atoms with van der Waals surface area (Å²) in [6.45, 7) is 2.87. The number of nitrogens with zero attached hydrogens (tertiary/aromatic N) is 4. The molecule has 0 amide bonds. The molecule has 0 radical (unpaired) electrons. The summed E-state index contributed by atoms with van der Waals surface area (Å²) in [5.74, 6) is 1.65. The maximum absolute atomic E-state index is 6.37. The molecule has 4 rings (SSSR count). The van der Waals surface area contributed by atoms with Crippen molar-refractivity contribution < 1.29 is 4.74 Å². The van der Waals surface area contributed by atoms with Crippen LogP contribution < -0.4 is 0 Å². The zero-order chi connectivity index (χ0) is 17.9. The van der Waals surface area contributed by atoms with Crippen molar-refractivity contribution in [1.29, 1.82) is 0 Å². The third-order valence-corrected chi connectivity index (χ3v) is 5.94. The van der Waals surface area contributed by atoms with E-state index in [0.29, 0.717) is 0 Å². The van der Waals surface area contributed by atoms with E-state index in [1.165, 1.54) is 0 Å². The average molecular weight is 387 g/mol. The fourth-order valence-corrected chi connectivity index (χ4v) is 4.23. The minimum atomic E-state index is 0.287. The minimum Gasteiger partial charge on any atom is -0.377 e. The summed E-state index contributed by atoms with van der Waals surface area (Å²) in [7, 11) is 0. The van der Waals surface area contributed by atoms with Crippen molar-refractivity contribution in [3.05, 3.63) is 53.3 Å². The molecule has 2 aromatic heterocycles. The first-order valence-electron chi connectivity index (χ1n) is 8.60. The first kappa shape index (κ1) is 17.5. The first-order valence-corrected chi connectivity index (χ1v) is 9.96. The van der Waals surface area contributed by atoms with Gasteiger partial charge in [-0.1, -0.05) is 29.4 Å². The topological polar surface area (TPSA) is 52.8 Å². The summed E-state index contributed by atoms with van der Waals surface area (Å²) in [4.78, 5) is 4.10. The van der Waals surface area contributed by atoms with E-state index in [9.17, 15) is 0 Å². The summed E-state index contributed by atoms with van der Waals surface area (Å²) in [5, 5.41) is 10.5. The second-order valence-electron chi connectivity index (χ2n) is 6.21. The normalized spacial score (nSPS) is 16.9. The second-order valence-corrected chi connectivity index (χ2v) is 7.60. The molecule has 26 heavy (non-hydrogen) atoms. The highest BCUT2D eigenvalue weighted by Crippen LogP contribution is 2.32. The molecule has 0 spiro atoms. The Labute approximate surface area is 161 Å². The van der Waals surface area contributed by atoms with Crippen LogP contribution in [0.2, 0.25) is 5.02 Å². The van der Waals surface area contributed by atoms with Gasteiger partial charge >= 0.3 is 0 Å². The van der Waals surface area contributed by atoms with Crippen LogP contribution in [0.25, 0.3) is 17.1 Å². The number of benzene rings is 1. The number of rotatable bonds is 5. The zero-order valence-electron chi connectivity index (χ0n) is 14.4. The van der Waals surface area contributed by atoms with Crippen LogP contribution in [-0.2, 0) is 4.74 Å². The molecule has 3 heterocycles. The molecule has 1 unspecified atom stereocenters. The summed E-state index contributed by atoms with van der Waals surface area (Å²) < 4.78 is 7.83. The quantitative estimate of drug-likeness (QED) is 0.601. The van der Waals surface area contributed by atoms with Gasteiger partial charge in [-0.2, -0.15) is 0 Å². The van der Waals surface area contributed by atoms with Gasteiger partial charge in [0.15, 0.2) is 11.0 Å². The van der Waals surface area contributed by atoms with Gasteiger partial charge in [0.25, 0.3) is 0 Å². The summed E-state index contributed by atoms with van der Waals surface area (Å²) in [6.07, 6.45) is 6.05. The van der Waals surface area contributed by atoms with Crippen molar-refractivity contribution in [3.63, 3.8) is 0 Å². The maximum atomic E-state index is 6.37. The lowest BCUT2D eigenvalue weighted by atomic mass is 10.2. The van der Waals surface area contributed by atoms with Gasteiger partial charge in [-0.3, -0.25) is 9.55 Å². The number of ether oxygens (including phenoxy) is 1. The third-order valence-electron chi connectivity index (χ3n) is 4.47. The Bertz CT molecular complexity index is 894.